The van der Waals surface area contributed by atoms with Crippen molar-refractivity contribution in [1.29, 1.82) is 0 Å². The third kappa shape index (κ3) is 5.50. The number of hydrogen-bond acceptors (Lipinski definition) is 4. The number of likely N-dealkylation sites (tertiary alicyclic amines) is 2. The van der Waals surface area contributed by atoms with Crippen molar-refractivity contribution >= 4 is 24.0 Å². The second-order valence-electron chi connectivity index (χ2n) is 8.36. The molecule has 3 aliphatic rings. The largest absolute Gasteiger partial charge is 0.483 e. The molecule has 4 atom stereocenters. The highest BCUT2D eigenvalue weighted by Crippen LogP contribution is 2.39. The lowest BCUT2D eigenvalue weighted by Crippen LogP contribution is -2.48. The summed E-state index contributed by atoms with van der Waals surface area (Å²) in [7, 11) is 0. The summed E-state index contributed by atoms with van der Waals surface area (Å²) in [6.07, 6.45) is 5.38. The lowest BCUT2D eigenvalue weighted by Gasteiger charge is -2.40. The molecule has 0 bridgehead atoms. The predicted molar refractivity (Wildman–Crippen MR) is 112 cm³/mol. The van der Waals surface area contributed by atoms with Gasteiger partial charge in [0.1, 0.15) is 0 Å². The Morgan fingerprint density at radius 2 is 1.76 bits per heavy atom. The average Bonchev–Trinajstić information content (AvgIpc) is 3.36. The van der Waals surface area contributed by atoms with Gasteiger partial charge < -0.3 is 15.1 Å². The molecule has 160 valence electrons. The van der Waals surface area contributed by atoms with Crippen molar-refractivity contribution in [1.82, 2.24) is 9.80 Å². The van der Waals surface area contributed by atoms with Gasteiger partial charge in [-0.2, -0.15) is 0 Å². The number of carbonyl (C=O) groups excluding carboxylic acids is 1. The molecule has 2 aliphatic heterocycles. The molecule has 7 heteroatoms. The number of aliphatic hydroxyl groups is 1. The smallest absolute Gasteiger partial charge is 0.290 e. The second kappa shape index (κ2) is 10.4. The van der Waals surface area contributed by atoms with Gasteiger partial charge >= 0.3 is 0 Å². The van der Waals surface area contributed by atoms with Gasteiger partial charge in [0.25, 0.3) is 6.47 Å². The SMILES string of the molecule is O=C(CCc1ccccc1Cl)N1C[C@H]2C[C@@H](N3CCCC3)[C@H](O)C[C@H]2C1.O=CO. The van der Waals surface area contributed by atoms with Crippen LogP contribution in [0.15, 0.2) is 24.3 Å². The number of rotatable bonds is 4. The Kier molecular flexibility index (Phi) is 7.92. The summed E-state index contributed by atoms with van der Waals surface area (Å²) in [4.78, 5) is 25.6. The van der Waals surface area contributed by atoms with Crippen molar-refractivity contribution in [3.8, 4) is 0 Å². The molecule has 2 N–H and O–H groups in total. The molecule has 4 rings (SSSR count). The number of aryl methyl sites for hydroxylation is 1. The van der Waals surface area contributed by atoms with E-state index in [1.54, 1.807) is 0 Å². The van der Waals surface area contributed by atoms with E-state index in [1.165, 1.54) is 12.8 Å². The van der Waals surface area contributed by atoms with E-state index in [4.69, 9.17) is 21.5 Å². The minimum absolute atomic E-state index is 0.228. The third-order valence-electron chi connectivity index (χ3n) is 6.64. The first-order chi connectivity index (χ1) is 14.0. The number of amides is 1. The van der Waals surface area contributed by atoms with Crippen molar-refractivity contribution in [3.05, 3.63) is 34.9 Å². The maximum absolute atomic E-state index is 12.7. The van der Waals surface area contributed by atoms with Crippen LogP contribution in [0.25, 0.3) is 0 Å². The number of nitrogens with zero attached hydrogens (tertiary/aromatic N) is 2. The molecule has 1 saturated carbocycles. The van der Waals surface area contributed by atoms with E-state index in [0.29, 0.717) is 30.7 Å². The molecule has 0 spiro atoms. The zero-order chi connectivity index (χ0) is 20.8. The van der Waals surface area contributed by atoms with Crippen LogP contribution >= 0.6 is 11.6 Å². The van der Waals surface area contributed by atoms with E-state index in [9.17, 15) is 9.90 Å². The van der Waals surface area contributed by atoms with Crippen LogP contribution in [0.4, 0.5) is 0 Å². The van der Waals surface area contributed by atoms with Gasteiger partial charge in [-0.05, 0) is 68.7 Å². The van der Waals surface area contributed by atoms with E-state index in [0.717, 1.165) is 49.6 Å². The van der Waals surface area contributed by atoms with Gasteiger partial charge in [0.05, 0.1) is 6.10 Å². The summed E-state index contributed by atoms with van der Waals surface area (Å²) in [5.41, 5.74) is 1.05. The maximum Gasteiger partial charge on any atom is 0.290 e. The second-order valence-corrected chi connectivity index (χ2v) is 8.77. The molecule has 2 heterocycles. The molecule has 1 aromatic rings. The van der Waals surface area contributed by atoms with Gasteiger partial charge in [0.15, 0.2) is 0 Å². The van der Waals surface area contributed by atoms with Gasteiger partial charge in [0.2, 0.25) is 5.91 Å². The number of benzene rings is 1. The Bertz CT molecular complexity index is 695. The van der Waals surface area contributed by atoms with Crippen LogP contribution in [0, 0.1) is 11.8 Å². The lowest BCUT2D eigenvalue weighted by molar-refractivity contribution is -0.130. The Balaban J connectivity index is 0.000000755. The number of halogens is 1. The minimum atomic E-state index is -0.250. The Labute approximate surface area is 177 Å². The van der Waals surface area contributed by atoms with Crippen LogP contribution in [0.3, 0.4) is 0 Å². The fourth-order valence-electron chi connectivity index (χ4n) is 5.18. The van der Waals surface area contributed by atoms with E-state index < -0.39 is 0 Å². The molecule has 29 heavy (non-hydrogen) atoms. The van der Waals surface area contributed by atoms with E-state index in [1.807, 2.05) is 29.2 Å². The molecular formula is C22H31ClN2O4. The minimum Gasteiger partial charge on any atom is -0.483 e. The highest BCUT2D eigenvalue weighted by molar-refractivity contribution is 6.31. The first kappa shape index (κ1) is 22.1. The zero-order valence-electron chi connectivity index (χ0n) is 16.8. The molecule has 1 amide bonds. The Morgan fingerprint density at radius 3 is 2.41 bits per heavy atom. The monoisotopic (exact) mass is 422 g/mol. The first-order valence-electron chi connectivity index (χ1n) is 10.5. The summed E-state index contributed by atoms with van der Waals surface area (Å²) in [6, 6.07) is 8.07. The number of carboxylic acid groups (broad SMARTS) is 1. The van der Waals surface area contributed by atoms with Crippen LogP contribution < -0.4 is 0 Å². The molecule has 1 aliphatic carbocycles. The van der Waals surface area contributed by atoms with E-state index >= 15 is 0 Å². The number of fused-ring (bicyclic) bond motifs is 1. The lowest BCUT2D eigenvalue weighted by atomic mass is 9.77. The molecule has 2 saturated heterocycles. The summed E-state index contributed by atoms with van der Waals surface area (Å²) in [5, 5.41) is 18.3. The molecule has 6 nitrogen and oxygen atoms in total. The quantitative estimate of drug-likeness (QED) is 0.729. The summed E-state index contributed by atoms with van der Waals surface area (Å²) in [5.74, 6) is 1.24. The third-order valence-corrected chi connectivity index (χ3v) is 7.01. The molecule has 3 fully saturated rings. The summed E-state index contributed by atoms with van der Waals surface area (Å²) >= 11 is 6.20. The van der Waals surface area contributed by atoms with Gasteiger partial charge in [-0.3, -0.25) is 14.5 Å². The van der Waals surface area contributed by atoms with Crippen molar-refractivity contribution in [3.63, 3.8) is 0 Å². The van der Waals surface area contributed by atoms with Gasteiger partial charge in [-0.15, -0.1) is 0 Å². The van der Waals surface area contributed by atoms with Gasteiger partial charge in [-0.25, -0.2) is 0 Å². The zero-order valence-corrected chi connectivity index (χ0v) is 17.5. The highest BCUT2D eigenvalue weighted by Gasteiger charge is 2.44. The maximum atomic E-state index is 12.7. The normalized spacial score (nSPS) is 29.1. The van der Waals surface area contributed by atoms with Crippen molar-refractivity contribution in [2.24, 2.45) is 11.8 Å². The van der Waals surface area contributed by atoms with Crippen LogP contribution in [0.2, 0.25) is 5.02 Å². The fourth-order valence-corrected chi connectivity index (χ4v) is 5.41. The Hall–Kier alpha value is -1.63. The van der Waals surface area contributed by atoms with E-state index in [2.05, 4.69) is 4.90 Å². The summed E-state index contributed by atoms with van der Waals surface area (Å²) < 4.78 is 0. The van der Waals surface area contributed by atoms with Crippen LogP contribution in [0.5, 0.6) is 0 Å². The van der Waals surface area contributed by atoms with Crippen LogP contribution in [0.1, 0.15) is 37.7 Å². The molecule has 0 unspecified atom stereocenters. The van der Waals surface area contributed by atoms with Gasteiger partial charge in [0, 0.05) is 30.6 Å². The average molecular weight is 423 g/mol. The standard InChI is InChI=1S/C21H29ClN2O2.CH2O2/c22-18-6-2-1-5-15(18)7-8-21(26)24-13-16-11-19(23-9-3-4-10-23)20(25)12-17(16)14-24;2-1-3/h1-2,5-6,16-17,19-20,25H,3-4,7-14H2;1H,(H,2,3)/t16-,17+,19-,20-;/m1./s1. The Morgan fingerprint density at radius 1 is 1.14 bits per heavy atom. The fraction of sp³-hybridized carbons (Fsp3) is 0.636. The molecule has 0 aromatic heterocycles. The van der Waals surface area contributed by atoms with Crippen LogP contribution in [-0.2, 0) is 16.0 Å². The number of aliphatic hydroxyl groups excluding tert-OH is 1. The van der Waals surface area contributed by atoms with Gasteiger partial charge in [-0.1, -0.05) is 29.8 Å². The van der Waals surface area contributed by atoms with Crippen LogP contribution in [-0.4, -0.2) is 70.7 Å². The van der Waals surface area contributed by atoms with Crippen molar-refractivity contribution < 1.29 is 19.8 Å². The highest BCUT2D eigenvalue weighted by atomic mass is 35.5. The number of hydrogen-bond donors (Lipinski definition) is 2. The summed E-state index contributed by atoms with van der Waals surface area (Å²) in [6.45, 7) is 3.68. The van der Waals surface area contributed by atoms with E-state index in [-0.39, 0.29) is 18.5 Å². The molecule has 1 aromatic carbocycles. The predicted octanol–water partition coefficient (Wildman–Crippen LogP) is 2.67. The van der Waals surface area contributed by atoms with Crippen molar-refractivity contribution in [2.75, 3.05) is 26.2 Å². The molecule has 0 radical (unpaired) electrons. The first-order valence-corrected chi connectivity index (χ1v) is 10.9. The number of carbonyl (C=O) groups is 2. The molecular weight excluding hydrogens is 392 g/mol. The van der Waals surface area contributed by atoms with Crippen molar-refractivity contribution in [2.45, 2.75) is 50.7 Å². The topological polar surface area (TPSA) is 81.1 Å².